The number of halogens is 2. The minimum absolute atomic E-state index is 0.168. The molecule has 0 aliphatic carbocycles. The lowest BCUT2D eigenvalue weighted by atomic mass is 10.1. The van der Waals surface area contributed by atoms with E-state index in [2.05, 4.69) is 21.0 Å². The van der Waals surface area contributed by atoms with Gasteiger partial charge in [0.05, 0.1) is 24.8 Å². The number of carbonyl (C=O) groups excluding carboxylic acids is 1. The van der Waals surface area contributed by atoms with Crippen LogP contribution in [-0.4, -0.2) is 39.8 Å². The van der Waals surface area contributed by atoms with Crippen LogP contribution in [0, 0.1) is 0 Å². The number of hydrogen-bond acceptors (Lipinski definition) is 2. The molecule has 2 heterocycles. The van der Waals surface area contributed by atoms with E-state index < -0.39 is 6.17 Å². The molecule has 0 spiro atoms. The van der Waals surface area contributed by atoms with Crippen LogP contribution in [0.5, 0.6) is 0 Å². The van der Waals surface area contributed by atoms with Gasteiger partial charge in [0.15, 0.2) is 0 Å². The van der Waals surface area contributed by atoms with Crippen LogP contribution in [0.4, 0.5) is 4.39 Å². The van der Waals surface area contributed by atoms with E-state index in [4.69, 9.17) is 0 Å². The minimum atomic E-state index is -0.866. The summed E-state index contributed by atoms with van der Waals surface area (Å²) >= 11 is 3.25. The summed E-state index contributed by atoms with van der Waals surface area (Å²) in [4.78, 5) is 13.1. The summed E-state index contributed by atoms with van der Waals surface area (Å²) < 4.78 is 14.7. The molecule has 1 saturated heterocycles. The number of nitrogens with zero attached hydrogens (tertiary/aromatic N) is 3. The number of aromatic nitrogens is 2. The number of rotatable bonds is 1. The first-order chi connectivity index (χ1) is 6.59. The number of carbonyl (C=O) groups is 1. The van der Waals surface area contributed by atoms with Crippen molar-refractivity contribution in [1.82, 2.24) is 14.7 Å². The SMILES string of the molecule is Cn1ncc(C(=O)N2CC(F)C2)c1Br. The highest BCUT2D eigenvalue weighted by Gasteiger charge is 2.32. The van der Waals surface area contributed by atoms with Crippen LogP contribution in [0.25, 0.3) is 0 Å². The summed E-state index contributed by atoms with van der Waals surface area (Å²) in [7, 11) is 1.73. The average Bonchev–Trinajstić information content (AvgIpc) is 2.42. The van der Waals surface area contributed by atoms with Crippen molar-refractivity contribution < 1.29 is 9.18 Å². The van der Waals surface area contributed by atoms with Gasteiger partial charge in [-0.1, -0.05) is 0 Å². The molecule has 0 atom stereocenters. The molecule has 1 aromatic rings. The van der Waals surface area contributed by atoms with Crippen molar-refractivity contribution in [3.8, 4) is 0 Å². The monoisotopic (exact) mass is 261 g/mol. The molecule has 1 amide bonds. The van der Waals surface area contributed by atoms with E-state index in [-0.39, 0.29) is 19.0 Å². The summed E-state index contributed by atoms with van der Waals surface area (Å²) in [5.41, 5.74) is 0.486. The Labute approximate surface area is 88.8 Å². The second kappa shape index (κ2) is 3.34. The van der Waals surface area contributed by atoms with Gasteiger partial charge in [-0.25, -0.2) is 4.39 Å². The normalized spacial score (nSPS) is 16.9. The highest BCUT2D eigenvalue weighted by molar-refractivity contribution is 9.10. The Morgan fingerprint density at radius 3 is 2.79 bits per heavy atom. The number of likely N-dealkylation sites (tertiary alicyclic amines) is 1. The van der Waals surface area contributed by atoms with Gasteiger partial charge in [0, 0.05) is 7.05 Å². The van der Waals surface area contributed by atoms with Crippen LogP contribution in [0.1, 0.15) is 10.4 Å². The second-order valence-corrected chi connectivity index (χ2v) is 4.03. The third-order valence-electron chi connectivity index (χ3n) is 2.22. The van der Waals surface area contributed by atoms with Gasteiger partial charge in [0.1, 0.15) is 10.8 Å². The number of hydrogen-bond donors (Lipinski definition) is 0. The van der Waals surface area contributed by atoms with Crippen LogP contribution in [-0.2, 0) is 7.05 Å². The predicted octanol–water partition coefficient (Wildman–Crippen LogP) is 0.977. The first kappa shape index (κ1) is 9.64. The molecule has 1 aromatic heterocycles. The molecule has 0 saturated carbocycles. The van der Waals surface area contributed by atoms with Gasteiger partial charge in [-0.15, -0.1) is 0 Å². The quantitative estimate of drug-likeness (QED) is 0.756. The zero-order valence-electron chi connectivity index (χ0n) is 7.57. The van der Waals surface area contributed by atoms with Crippen molar-refractivity contribution >= 4 is 21.8 Å². The van der Waals surface area contributed by atoms with Gasteiger partial charge in [0.2, 0.25) is 0 Å². The molecule has 0 bridgehead atoms. The number of aryl methyl sites for hydroxylation is 1. The van der Waals surface area contributed by atoms with E-state index in [0.717, 1.165) is 0 Å². The highest BCUT2D eigenvalue weighted by Crippen LogP contribution is 2.20. The fourth-order valence-corrected chi connectivity index (χ4v) is 1.69. The molecule has 0 radical (unpaired) electrons. The van der Waals surface area contributed by atoms with Gasteiger partial charge < -0.3 is 4.90 Å². The van der Waals surface area contributed by atoms with Crippen molar-refractivity contribution in [2.75, 3.05) is 13.1 Å². The zero-order chi connectivity index (χ0) is 10.3. The molecular weight excluding hydrogens is 253 g/mol. The standard InChI is InChI=1S/C8H9BrFN3O/c1-12-7(9)6(2-11-12)8(14)13-3-5(10)4-13/h2,5H,3-4H2,1H3. The number of alkyl halides is 1. The third kappa shape index (κ3) is 1.43. The largest absolute Gasteiger partial charge is 0.333 e. The topological polar surface area (TPSA) is 38.1 Å². The van der Waals surface area contributed by atoms with Crippen LogP contribution >= 0.6 is 15.9 Å². The Morgan fingerprint density at radius 1 is 1.71 bits per heavy atom. The van der Waals surface area contributed by atoms with Crippen LogP contribution < -0.4 is 0 Å². The van der Waals surface area contributed by atoms with Gasteiger partial charge in [0.25, 0.3) is 5.91 Å². The Bertz CT molecular complexity index is 373. The molecule has 2 rings (SSSR count). The fraction of sp³-hybridized carbons (Fsp3) is 0.500. The van der Waals surface area contributed by atoms with Crippen molar-refractivity contribution in [2.24, 2.45) is 7.05 Å². The molecule has 1 fully saturated rings. The van der Waals surface area contributed by atoms with E-state index in [1.54, 1.807) is 11.7 Å². The Morgan fingerprint density at radius 2 is 2.36 bits per heavy atom. The van der Waals surface area contributed by atoms with Crippen LogP contribution in [0.15, 0.2) is 10.8 Å². The lowest BCUT2D eigenvalue weighted by Gasteiger charge is -2.34. The smallest absolute Gasteiger partial charge is 0.258 e. The highest BCUT2D eigenvalue weighted by atomic mass is 79.9. The lowest BCUT2D eigenvalue weighted by Crippen LogP contribution is -2.51. The van der Waals surface area contributed by atoms with Gasteiger partial charge in [-0.2, -0.15) is 5.10 Å². The molecule has 0 N–H and O–H groups in total. The zero-order valence-corrected chi connectivity index (χ0v) is 9.16. The Balaban J connectivity index is 2.16. The molecule has 1 aliphatic rings. The van der Waals surface area contributed by atoms with Gasteiger partial charge >= 0.3 is 0 Å². The summed E-state index contributed by atoms with van der Waals surface area (Å²) in [5.74, 6) is -0.168. The predicted molar refractivity (Wildman–Crippen MR) is 51.7 cm³/mol. The van der Waals surface area contributed by atoms with Gasteiger partial charge in [-0.05, 0) is 15.9 Å². The van der Waals surface area contributed by atoms with Crippen molar-refractivity contribution in [1.29, 1.82) is 0 Å². The molecule has 76 valence electrons. The van der Waals surface area contributed by atoms with E-state index >= 15 is 0 Å². The summed E-state index contributed by atoms with van der Waals surface area (Å²) in [6, 6.07) is 0. The van der Waals surface area contributed by atoms with Crippen LogP contribution in [0.2, 0.25) is 0 Å². The summed E-state index contributed by atoms with van der Waals surface area (Å²) in [6.07, 6.45) is 0.618. The van der Waals surface area contributed by atoms with Crippen molar-refractivity contribution in [3.63, 3.8) is 0 Å². The molecule has 1 aliphatic heterocycles. The second-order valence-electron chi connectivity index (χ2n) is 3.28. The first-order valence-corrected chi connectivity index (χ1v) is 4.99. The number of amides is 1. The van der Waals surface area contributed by atoms with Crippen molar-refractivity contribution in [2.45, 2.75) is 6.17 Å². The lowest BCUT2D eigenvalue weighted by molar-refractivity contribution is 0.0399. The molecule has 6 heteroatoms. The maximum atomic E-state index is 12.5. The van der Waals surface area contributed by atoms with E-state index in [0.29, 0.717) is 10.2 Å². The Hall–Kier alpha value is -0.910. The summed E-state index contributed by atoms with van der Waals surface area (Å²) in [6.45, 7) is 0.389. The van der Waals surface area contributed by atoms with Crippen LogP contribution in [0.3, 0.4) is 0 Å². The molecule has 0 aromatic carbocycles. The van der Waals surface area contributed by atoms with Gasteiger partial charge in [-0.3, -0.25) is 9.48 Å². The van der Waals surface area contributed by atoms with E-state index in [9.17, 15) is 9.18 Å². The maximum absolute atomic E-state index is 12.5. The first-order valence-electron chi connectivity index (χ1n) is 4.20. The third-order valence-corrected chi connectivity index (χ3v) is 3.16. The minimum Gasteiger partial charge on any atom is -0.333 e. The van der Waals surface area contributed by atoms with E-state index in [1.165, 1.54) is 11.1 Å². The summed E-state index contributed by atoms with van der Waals surface area (Å²) in [5, 5.41) is 3.93. The Kier molecular flexibility index (Phi) is 2.30. The molecule has 14 heavy (non-hydrogen) atoms. The fourth-order valence-electron chi connectivity index (χ4n) is 1.33. The molecular formula is C8H9BrFN3O. The van der Waals surface area contributed by atoms with Crippen molar-refractivity contribution in [3.05, 3.63) is 16.4 Å². The average molecular weight is 262 g/mol. The molecule has 0 unspecified atom stereocenters. The maximum Gasteiger partial charge on any atom is 0.258 e. The van der Waals surface area contributed by atoms with E-state index in [1.807, 2.05) is 0 Å². The molecule has 4 nitrogen and oxygen atoms in total.